The number of halogens is 3. The molecule has 0 spiro atoms. The van der Waals surface area contributed by atoms with E-state index in [1.54, 1.807) is 24.4 Å². The third kappa shape index (κ3) is 4.29. The minimum absolute atomic E-state index is 0.229. The van der Waals surface area contributed by atoms with E-state index in [9.17, 15) is 18.0 Å². The zero-order valence-electron chi connectivity index (χ0n) is 14.4. The summed E-state index contributed by atoms with van der Waals surface area (Å²) < 4.78 is 37.4. The largest absolute Gasteiger partial charge is 0.432 e. The number of rotatable bonds is 5. The molecule has 1 aromatic carbocycles. The van der Waals surface area contributed by atoms with Crippen LogP contribution in [0.25, 0.3) is 10.9 Å². The SMILES string of the molecule is CN/C(=C\C(=N)C(F)(F)F)NC(=O)c1ccc2c(N(C)C)ccnc2c1. The van der Waals surface area contributed by atoms with Crippen molar-refractivity contribution in [2.24, 2.45) is 0 Å². The van der Waals surface area contributed by atoms with E-state index in [1.165, 1.54) is 7.05 Å². The molecular weight excluding hydrogens is 347 g/mol. The second kappa shape index (κ2) is 7.42. The number of pyridine rings is 1. The van der Waals surface area contributed by atoms with Crippen molar-refractivity contribution in [3.8, 4) is 0 Å². The van der Waals surface area contributed by atoms with Crippen LogP contribution < -0.4 is 15.5 Å². The van der Waals surface area contributed by atoms with E-state index >= 15 is 0 Å². The lowest BCUT2D eigenvalue weighted by Gasteiger charge is -2.15. The first kappa shape index (κ1) is 19.2. The molecule has 2 rings (SSSR count). The lowest BCUT2D eigenvalue weighted by Crippen LogP contribution is -2.32. The van der Waals surface area contributed by atoms with Crippen LogP contribution in [0.1, 0.15) is 10.4 Å². The summed E-state index contributed by atoms with van der Waals surface area (Å²) in [4.78, 5) is 18.5. The number of nitrogens with one attached hydrogen (secondary N) is 3. The van der Waals surface area contributed by atoms with Crippen LogP contribution in [0.2, 0.25) is 0 Å². The van der Waals surface area contributed by atoms with E-state index < -0.39 is 17.8 Å². The molecule has 0 radical (unpaired) electrons. The summed E-state index contributed by atoms with van der Waals surface area (Å²) >= 11 is 0. The predicted octanol–water partition coefficient (Wildman–Crippen LogP) is 2.67. The zero-order chi connectivity index (χ0) is 19.5. The maximum absolute atomic E-state index is 12.5. The highest BCUT2D eigenvalue weighted by Gasteiger charge is 2.33. The lowest BCUT2D eigenvalue weighted by molar-refractivity contribution is -0.0584. The van der Waals surface area contributed by atoms with Gasteiger partial charge in [0.25, 0.3) is 5.91 Å². The fourth-order valence-electron chi connectivity index (χ4n) is 2.26. The molecule has 0 bridgehead atoms. The van der Waals surface area contributed by atoms with Crippen LogP contribution in [-0.4, -0.2) is 43.9 Å². The smallest absolute Gasteiger partial charge is 0.377 e. The number of carbonyl (C=O) groups excluding carboxylic acids is 1. The minimum Gasteiger partial charge on any atom is -0.377 e. The Bertz CT molecular complexity index is 874. The molecule has 3 N–H and O–H groups in total. The van der Waals surface area contributed by atoms with E-state index in [1.807, 2.05) is 25.1 Å². The molecule has 0 aliphatic heterocycles. The number of amides is 1. The molecule has 26 heavy (non-hydrogen) atoms. The normalized spacial score (nSPS) is 12.0. The second-order valence-electron chi connectivity index (χ2n) is 5.63. The summed E-state index contributed by atoms with van der Waals surface area (Å²) in [6.45, 7) is 0. The molecule has 0 fully saturated rings. The molecule has 1 aromatic heterocycles. The van der Waals surface area contributed by atoms with Crippen molar-refractivity contribution in [3.63, 3.8) is 0 Å². The first-order valence-corrected chi connectivity index (χ1v) is 7.56. The number of fused-ring (bicyclic) bond motifs is 1. The summed E-state index contributed by atoms with van der Waals surface area (Å²) in [6, 6.07) is 6.69. The monoisotopic (exact) mass is 365 g/mol. The van der Waals surface area contributed by atoms with Gasteiger partial charge in [0.05, 0.1) is 5.52 Å². The van der Waals surface area contributed by atoms with Gasteiger partial charge in [-0.25, -0.2) is 0 Å². The average Bonchev–Trinajstić information content (AvgIpc) is 2.58. The molecule has 0 unspecified atom stereocenters. The molecule has 1 heterocycles. The predicted molar refractivity (Wildman–Crippen MR) is 94.5 cm³/mol. The molecule has 1 amide bonds. The Hall–Kier alpha value is -3.10. The number of hydrogen-bond acceptors (Lipinski definition) is 5. The fraction of sp³-hybridized carbons (Fsp3) is 0.235. The first-order chi connectivity index (χ1) is 12.1. The molecule has 2 aromatic rings. The van der Waals surface area contributed by atoms with Gasteiger partial charge in [0.2, 0.25) is 0 Å². The number of hydrogen-bond donors (Lipinski definition) is 3. The van der Waals surface area contributed by atoms with Crippen molar-refractivity contribution in [1.29, 1.82) is 5.41 Å². The summed E-state index contributed by atoms with van der Waals surface area (Å²) in [7, 11) is 5.12. The molecule has 9 heteroatoms. The molecule has 0 aliphatic carbocycles. The number of anilines is 1. The average molecular weight is 365 g/mol. The number of benzene rings is 1. The quantitative estimate of drug-likeness (QED) is 0.712. The number of aromatic nitrogens is 1. The topological polar surface area (TPSA) is 81.1 Å². The second-order valence-corrected chi connectivity index (χ2v) is 5.63. The number of carbonyl (C=O) groups is 1. The van der Waals surface area contributed by atoms with Crippen LogP contribution in [0, 0.1) is 5.41 Å². The Morgan fingerprint density at radius 3 is 2.54 bits per heavy atom. The Kier molecular flexibility index (Phi) is 5.49. The molecule has 138 valence electrons. The van der Waals surface area contributed by atoms with Crippen LogP contribution in [0.3, 0.4) is 0 Å². The van der Waals surface area contributed by atoms with Gasteiger partial charge in [0, 0.05) is 50.1 Å². The number of alkyl halides is 3. The van der Waals surface area contributed by atoms with Crippen molar-refractivity contribution in [2.75, 3.05) is 26.0 Å². The van der Waals surface area contributed by atoms with Crippen LogP contribution in [0.15, 0.2) is 42.4 Å². The van der Waals surface area contributed by atoms with Gasteiger partial charge in [-0.3, -0.25) is 15.2 Å². The molecular formula is C17H18F3N5O. The first-order valence-electron chi connectivity index (χ1n) is 7.56. The highest BCUT2D eigenvalue weighted by atomic mass is 19.4. The van der Waals surface area contributed by atoms with Gasteiger partial charge >= 0.3 is 6.18 Å². The van der Waals surface area contributed by atoms with Crippen molar-refractivity contribution < 1.29 is 18.0 Å². The number of nitrogens with zero attached hydrogens (tertiary/aromatic N) is 2. The van der Waals surface area contributed by atoms with Gasteiger partial charge in [-0.1, -0.05) is 0 Å². The summed E-state index contributed by atoms with van der Waals surface area (Å²) in [5.41, 5.74) is 0.178. The van der Waals surface area contributed by atoms with E-state index in [2.05, 4.69) is 15.6 Å². The maximum Gasteiger partial charge on any atom is 0.432 e. The standard InChI is InChI=1S/C17H18F3N5O/c1-22-15(9-14(21)17(18,19)20)24-16(26)10-4-5-11-12(8-10)23-7-6-13(11)25(2)3/h4-9,21-22H,1-3H3,(H,24,26)/b15-9+,21-14?. The van der Waals surface area contributed by atoms with Crippen molar-refractivity contribution in [1.82, 2.24) is 15.6 Å². The van der Waals surface area contributed by atoms with Crippen molar-refractivity contribution >= 4 is 28.2 Å². The Balaban J connectivity index is 2.29. The maximum atomic E-state index is 12.5. The third-order valence-corrected chi connectivity index (χ3v) is 3.58. The molecule has 0 atom stereocenters. The number of allylic oxidation sites excluding steroid dienone is 1. The Labute approximate surface area is 148 Å². The van der Waals surface area contributed by atoms with E-state index in [4.69, 9.17) is 5.41 Å². The van der Waals surface area contributed by atoms with Gasteiger partial charge in [-0.05, 0) is 24.3 Å². The van der Waals surface area contributed by atoms with Gasteiger partial charge < -0.3 is 15.5 Å². The van der Waals surface area contributed by atoms with Gasteiger partial charge in [-0.2, -0.15) is 13.2 Å². The van der Waals surface area contributed by atoms with Crippen LogP contribution in [0.4, 0.5) is 18.9 Å². The molecule has 0 aliphatic rings. The lowest BCUT2D eigenvalue weighted by atomic mass is 10.1. The van der Waals surface area contributed by atoms with Gasteiger partial charge in [0.1, 0.15) is 11.5 Å². The fourth-order valence-corrected chi connectivity index (χ4v) is 2.26. The van der Waals surface area contributed by atoms with Crippen LogP contribution in [-0.2, 0) is 0 Å². The minimum atomic E-state index is -4.79. The Morgan fingerprint density at radius 1 is 1.27 bits per heavy atom. The molecule has 0 saturated carbocycles. The highest BCUT2D eigenvalue weighted by Crippen LogP contribution is 2.24. The van der Waals surface area contributed by atoms with E-state index in [0.717, 1.165) is 11.1 Å². The Morgan fingerprint density at radius 2 is 1.96 bits per heavy atom. The van der Waals surface area contributed by atoms with Crippen molar-refractivity contribution in [2.45, 2.75) is 6.18 Å². The molecule has 0 saturated heterocycles. The zero-order valence-corrected chi connectivity index (χ0v) is 14.4. The summed E-state index contributed by atoms with van der Waals surface area (Å²) in [6.07, 6.45) is -2.66. The summed E-state index contributed by atoms with van der Waals surface area (Å²) in [5, 5.41) is 12.6. The van der Waals surface area contributed by atoms with Crippen LogP contribution >= 0.6 is 0 Å². The van der Waals surface area contributed by atoms with Gasteiger partial charge in [0.15, 0.2) is 0 Å². The third-order valence-electron chi connectivity index (χ3n) is 3.58. The van der Waals surface area contributed by atoms with E-state index in [-0.39, 0.29) is 11.4 Å². The highest BCUT2D eigenvalue weighted by molar-refractivity contribution is 6.02. The van der Waals surface area contributed by atoms with Crippen molar-refractivity contribution in [3.05, 3.63) is 47.9 Å². The molecule has 6 nitrogen and oxygen atoms in total. The van der Waals surface area contributed by atoms with E-state index in [0.29, 0.717) is 11.6 Å². The summed E-state index contributed by atoms with van der Waals surface area (Å²) in [5.74, 6) is -0.841. The van der Waals surface area contributed by atoms with Crippen LogP contribution in [0.5, 0.6) is 0 Å². The van der Waals surface area contributed by atoms with Gasteiger partial charge in [-0.15, -0.1) is 0 Å².